The minimum absolute atomic E-state index is 0.127. The second-order valence-electron chi connectivity index (χ2n) is 10.4. The third-order valence-corrected chi connectivity index (χ3v) is 4.75. The van der Waals surface area contributed by atoms with Crippen molar-refractivity contribution in [2.24, 2.45) is 0 Å². The Morgan fingerprint density at radius 3 is 1.78 bits per heavy atom. The summed E-state index contributed by atoms with van der Waals surface area (Å²) in [6.45, 7) is 11.0. The van der Waals surface area contributed by atoms with Crippen LogP contribution in [0.25, 0.3) is 0 Å². The lowest BCUT2D eigenvalue weighted by molar-refractivity contribution is -0.163. The number of hydrogen-bond acceptors (Lipinski definition) is 8. The zero-order valence-electron chi connectivity index (χ0n) is 22.8. The fourth-order valence-electron chi connectivity index (χ4n) is 3.09. The number of alkyl carbamates (subject to hydrolysis) is 1. The summed E-state index contributed by atoms with van der Waals surface area (Å²) in [6.07, 6.45) is -3.81. The van der Waals surface area contributed by atoms with E-state index in [-0.39, 0.29) is 6.54 Å². The summed E-state index contributed by atoms with van der Waals surface area (Å²) in [5.41, 5.74) is -3.20. The monoisotopic (exact) mass is 514 g/mol. The number of nitrogens with one attached hydrogen (secondary N) is 2. The van der Waals surface area contributed by atoms with Crippen LogP contribution in [0.5, 0.6) is 17.2 Å². The van der Waals surface area contributed by atoms with E-state index in [9.17, 15) is 14.4 Å². The lowest BCUT2D eigenvalue weighted by Crippen LogP contribution is -2.57. The number of carbonyl (C=O) groups excluding carboxylic acids is 3. The van der Waals surface area contributed by atoms with Crippen LogP contribution in [0.15, 0.2) is 12.1 Å². The summed E-state index contributed by atoms with van der Waals surface area (Å²) in [7, 11) is 4.36. The van der Waals surface area contributed by atoms with Gasteiger partial charge in [-0.15, -0.1) is 0 Å². The zero-order valence-corrected chi connectivity index (χ0v) is 22.8. The highest BCUT2D eigenvalue weighted by Crippen LogP contribution is 2.34. The molecule has 204 valence electrons. The summed E-state index contributed by atoms with van der Waals surface area (Å²) >= 11 is 0. The molecular formula is C25H39FN2O8. The van der Waals surface area contributed by atoms with Gasteiger partial charge in [0.1, 0.15) is 34.0 Å². The minimum atomic E-state index is -2.17. The quantitative estimate of drug-likeness (QED) is 0.454. The lowest BCUT2D eigenvalue weighted by atomic mass is 9.94. The van der Waals surface area contributed by atoms with Crippen LogP contribution in [0.4, 0.5) is 9.18 Å². The summed E-state index contributed by atoms with van der Waals surface area (Å²) in [4.78, 5) is 38.0. The Morgan fingerprint density at radius 2 is 1.36 bits per heavy atom. The van der Waals surface area contributed by atoms with Crippen LogP contribution in [-0.4, -0.2) is 62.2 Å². The molecule has 0 saturated carbocycles. The molecule has 11 heteroatoms. The number of amides is 2. The Bertz CT molecular complexity index is 914. The molecule has 2 amide bonds. The summed E-state index contributed by atoms with van der Waals surface area (Å²) < 4.78 is 41.6. The van der Waals surface area contributed by atoms with E-state index in [1.807, 2.05) is 0 Å². The molecule has 2 atom stereocenters. The molecule has 0 aromatic heterocycles. The van der Waals surface area contributed by atoms with E-state index < -0.39 is 47.3 Å². The maximum atomic E-state index is 15.2. The van der Waals surface area contributed by atoms with Crippen LogP contribution in [0.1, 0.15) is 60.5 Å². The van der Waals surface area contributed by atoms with Gasteiger partial charge in [-0.3, -0.25) is 4.79 Å². The van der Waals surface area contributed by atoms with Gasteiger partial charge in [0.05, 0.1) is 33.4 Å². The maximum absolute atomic E-state index is 15.2. The van der Waals surface area contributed by atoms with Crippen LogP contribution in [-0.2, 0) is 25.6 Å². The Hall–Kier alpha value is -3.24. The Balaban J connectivity index is 3.08. The molecular weight excluding hydrogens is 475 g/mol. The summed E-state index contributed by atoms with van der Waals surface area (Å²) in [5, 5.41) is 4.85. The van der Waals surface area contributed by atoms with E-state index in [0.29, 0.717) is 22.8 Å². The number of ether oxygens (including phenoxy) is 5. The summed E-state index contributed by atoms with van der Waals surface area (Å²) in [5.74, 6) is -0.701. The number of hydrogen-bond donors (Lipinski definition) is 2. The van der Waals surface area contributed by atoms with Crippen molar-refractivity contribution in [1.82, 2.24) is 10.6 Å². The predicted molar refractivity (Wildman–Crippen MR) is 131 cm³/mol. The Labute approximate surface area is 212 Å². The van der Waals surface area contributed by atoms with Crippen LogP contribution in [0, 0.1) is 0 Å². The minimum Gasteiger partial charge on any atom is -0.496 e. The number of alkyl halides is 1. The number of halogens is 1. The van der Waals surface area contributed by atoms with Crippen LogP contribution in [0.3, 0.4) is 0 Å². The van der Waals surface area contributed by atoms with Gasteiger partial charge in [-0.1, -0.05) is 0 Å². The highest BCUT2D eigenvalue weighted by atomic mass is 19.1. The van der Waals surface area contributed by atoms with Crippen molar-refractivity contribution in [3.63, 3.8) is 0 Å². The van der Waals surface area contributed by atoms with Crippen molar-refractivity contribution in [1.29, 1.82) is 0 Å². The highest BCUT2D eigenvalue weighted by Gasteiger charge is 2.43. The fraction of sp³-hybridized carbons (Fsp3) is 0.640. The normalized spacial score (nSPS) is 14.1. The number of methoxy groups -OCH3 is 3. The second kappa shape index (κ2) is 12.1. The largest absolute Gasteiger partial charge is 0.496 e. The molecule has 0 bridgehead atoms. The lowest BCUT2D eigenvalue weighted by Gasteiger charge is -2.33. The van der Waals surface area contributed by atoms with E-state index in [4.69, 9.17) is 23.7 Å². The van der Waals surface area contributed by atoms with Crippen LogP contribution >= 0.6 is 0 Å². The average Bonchev–Trinajstić information content (AvgIpc) is 2.73. The molecule has 0 aliphatic carbocycles. The zero-order chi connectivity index (χ0) is 27.9. The van der Waals surface area contributed by atoms with Gasteiger partial charge in [-0.05, 0) is 48.5 Å². The molecule has 0 unspecified atom stereocenters. The van der Waals surface area contributed by atoms with Gasteiger partial charge in [-0.2, -0.15) is 0 Å². The van der Waals surface area contributed by atoms with Crippen molar-refractivity contribution < 1.29 is 42.5 Å². The van der Waals surface area contributed by atoms with Gasteiger partial charge >= 0.3 is 12.1 Å². The maximum Gasteiger partial charge on any atom is 0.408 e. The van der Waals surface area contributed by atoms with Crippen LogP contribution in [0.2, 0.25) is 0 Å². The topological polar surface area (TPSA) is 121 Å². The van der Waals surface area contributed by atoms with Crippen LogP contribution < -0.4 is 24.8 Å². The van der Waals surface area contributed by atoms with Gasteiger partial charge in [0.25, 0.3) is 5.91 Å². The molecule has 0 spiro atoms. The number of carbonyl (C=O) groups is 3. The molecule has 1 aromatic rings. The molecule has 0 saturated heterocycles. The smallest absolute Gasteiger partial charge is 0.408 e. The van der Waals surface area contributed by atoms with Crippen molar-refractivity contribution >= 4 is 18.0 Å². The van der Waals surface area contributed by atoms with Gasteiger partial charge in [0, 0.05) is 18.6 Å². The SMILES string of the molecule is COc1cc(OC)c(CNC(=O)[C@H](F)C[C@@](C)(NC(=O)OC(C)(C)C)C(=O)OC(C)(C)C)c(OC)c1. The first-order valence-corrected chi connectivity index (χ1v) is 11.4. The van der Waals surface area contributed by atoms with Gasteiger partial charge in [-0.25, -0.2) is 14.0 Å². The first kappa shape index (κ1) is 30.8. The third kappa shape index (κ3) is 9.43. The Morgan fingerprint density at radius 1 is 0.861 bits per heavy atom. The number of benzene rings is 1. The van der Waals surface area contributed by atoms with Crippen molar-refractivity contribution in [2.45, 2.75) is 84.3 Å². The predicted octanol–water partition coefficient (Wildman–Crippen LogP) is 3.68. The molecule has 0 fully saturated rings. The molecule has 10 nitrogen and oxygen atoms in total. The molecule has 0 heterocycles. The molecule has 2 N–H and O–H groups in total. The molecule has 1 aromatic carbocycles. The van der Waals surface area contributed by atoms with Gasteiger partial charge < -0.3 is 34.3 Å². The second-order valence-corrected chi connectivity index (χ2v) is 10.4. The third-order valence-electron chi connectivity index (χ3n) is 4.75. The van der Waals surface area contributed by atoms with Gasteiger partial charge in [0.15, 0.2) is 6.17 Å². The molecule has 0 aliphatic heterocycles. The van der Waals surface area contributed by atoms with E-state index in [1.54, 1.807) is 53.7 Å². The van der Waals surface area contributed by atoms with E-state index in [0.717, 1.165) is 0 Å². The molecule has 36 heavy (non-hydrogen) atoms. The molecule has 0 radical (unpaired) electrons. The number of esters is 1. The van der Waals surface area contributed by atoms with Gasteiger partial charge in [0.2, 0.25) is 0 Å². The highest BCUT2D eigenvalue weighted by molar-refractivity contribution is 5.88. The van der Waals surface area contributed by atoms with Crippen molar-refractivity contribution in [2.75, 3.05) is 21.3 Å². The molecule has 0 aliphatic rings. The van der Waals surface area contributed by atoms with E-state index in [2.05, 4.69) is 10.6 Å². The first-order valence-electron chi connectivity index (χ1n) is 11.4. The Kier molecular flexibility index (Phi) is 10.4. The molecule has 1 rings (SSSR count). The van der Waals surface area contributed by atoms with E-state index in [1.165, 1.54) is 28.3 Å². The van der Waals surface area contributed by atoms with E-state index >= 15 is 4.39 Å². The summed E-state index contributed by atoms with van der Waals surface area (Å²) in [6, 6.07) is 3.20. The fourth-order valence-corrected chi connectivity index (χ4v) is 3.09. The first-order chi connectivity index (χ1) is 16.4. The number of rotatable bonds is 10. The van der Waals surface area contributed by atoms with Crippen molar-refractivity contribution in [3.05, 3.63) is 17.7 Å². The standard InChI is InChI=1S/C25H39FN2O8/c1-23(2,3)35-21(30)25(7,28-22(31)36-24(4,5)6)13-17(26)20(29)27-14-16-18(33-9)11-15(32-8)12-19(16)34-10/h11-12,17H,13-14H2,1-10H3,(H,27,29)(H,28,31)/t17-,25-/m1/s1. The average molecular weight is 515 g/mol. The van der Waals surface area contributed by atoms with Crippen molar-refractivity contribution in [3.8, 4) is 17.2 Å².